The number of carbonyl (C=O) groups is 1. The smallest absolute Gasteiger partial charge is 0.247 e. The van der Waals surface area contributed by atoms with Gasteiger partial charge in [0.2, 0.25) is 11.5 Å². The maximum absolute atomic E-state index is 13.7. The molecule has 7 heteroatoms. The van der Waals surface area contributed by atoms with E-state index in [9.17, 15) is 14.0 Å². The lowest BCUT2D eigenvalue weighted by molar-refractivity contribution is -0.132. The number of likely N-dealkylation sites (tertiary alicyclic amines) is 1. The lowest BCUT2D eigenvalue weighted by Gasteiger charge is -2.26. The summed E-state index contributed by atoms with van der Waals surface area (Å²) in [5.41, 5.74) is 5.06. The molecule has 5 rings (SSSR count). The first-order chi connectivity index (χ1) is 19.5. The highest BCUT2D eigenvalue weighted by atomic mass is 19.1. The summed E-state index contributed by atoms with van der Waals surface area (Å²) >= 11 is 0. The van der Waals surface area contributed by atoms with Crippen LogP contribution >= 0.6 is 0 Å². The number of ether oxygens (including phenoxy) is 1. The molecule has 6 nitrogen and oxygen atoms in total. The van der Waals surface area contributed by atoms with E-state index in [1.165, 1.54) is 24.1 Å². The number of hydrogen-bond acceptors (Lipinski definition) is 3. The van der Waals surface area contributed by atoms with Crippen molar-refractivity contribution in [2.24, 2.45) is 0 Å². The Kier molecular flexibility index (Phi) is 10.7. The summed E-state index contributed by atoms with van der Waals surface area (Å²) in [4.78, 5) is 28.0. The standard InChI is InChI=1S/C20H24N2O2.C13H16FNO/c23-19-12-11-18(15-21-19)17-9-7-16(8-10-17)5-4-6-20(24)22-13-2-1-3-14-22;1-10-9-15(7-4-8-16-2)13-11(10)5-3-6-12(13)14/h7-12,15H,1-6,13-14H2,(H,21,23);3,5-6,9H,4,7-8H2,1-2H3. The Balaban J connectivity index is 0.000000201. The summed E-state index contributed by atoms with van der Waals surface area (Å²) in [6.45, 7) is 5.38. The first kappa shape index (κ1) is 29.3. The van der Waals surface area contributed by atoms with Gasteiger partial charge in [0, 0.05) is 63.6 Å². The van der Waals surface area contributed by atoms with Gasteiger partial charge in [-0.3, -0.25) is 9.59 Å². The molecule has 1 saturated heterocycles. The van der Waals surface area contributed by atoms with E-state index in [0.717, 1.165) is 73.8 Å². The predicted molar refractivity (Wildman–Crippen MR) is 159 cm³/mol. The number of halogens is 1. The Hall–Kier alpha value is -3.71. The molecule has 1 aliphatic heterocycles. The molecule has 0 bridgehead atoms. The normalized spacial score (nSPS) is 13.2. The minimum Gasteiger partial charge on any atom is -0.385 e. The number of hydrogen-bond donors (Lipinski definition) is 1. The van der Waals surface area contributed by atoms with Crippen molar-refractivity contribution in [2.75, 3.05) is 26.8 Å². The van der Waals surface area contributed by atoms with Crippen molar-refractivity contribution in [3.8, 4) is 11.1 Å². The van der Waals surface area contributed by atoms with Crippen LogP contribution in [0.5, 0.6) is 0 Å². The number of H-pyrrole nitrogens is 1. The van der Waals surface area contributed by atoms with Gasteiger partial charge in [0.05, 0.1) is 5.52 Å². The molecule has 0 atom stereocenters. The molecule has 40 heavy (non-hydrogen) atoms. The fourth-order valence-electron chi connectivity index (χ4n) is 5.25. The fourth-order valence-corrected chi connectivity index (χ4v) is 5.25. The van der Waals surface area contributed by atoms with Crippen molar-refractivity contribution >= 4 is 16.8 Å². The van der Waals surface area contributed by atoms with Crippen molar-refractivity contribution in [1.29, 1.82) is 0 Å². The van der Waals surface area contributed by atoms with Crippen LogP contribution in [0.1, 0.15) is 49.7 Å². The number of piperidine rings is 1. The van der Waals surface area contributed by atoms with Crippen LogP contribution in [-0.2, 0) is 22.5 Å². The van der Waals surface area contributed by atoms with Crippen molar-refractivity contribution in [1.82, 2.24) is 14.5 Å². The highest BCUT2D eigenvalue weighted by molar-refractivity contribution is 5.84. The summed E-state index contributed by atoms with van der Waals surface area (Å²) in [6, 6.07) is 16.9. The summed E-state index contributed by atoms with van der Waals surface area (Å²) < 4.78 is 20.7. The second-order valence-electron chi connectivity index (χ2n) is 10.4. The summed E-state index contributed by atoms with van der Waals surface area (Å²) in [6.07, 6.45) is 10.6. The van der Waals surface area contributed by atoms with E-state index in [1.807, 2.05) is 34.7 Å². The number of amides is 1. The van der Waals surface area contributed by atoms with Gasteiger partial charge in [-0.15, -0.1) is 0 Å². The topological polar surface area (TPSA) is 67.3 Å². The van der Waals surface area contributed by atoms with E-state index in [-0.39, 0.29) is 11.4 Å². The molecule has 2 aromatic carbocycles. The molecule has 2 aromatic heterocycles. The Labute approximate surface area is 235 Å². The number of para-hydroxylation sites is 1. The molecule has 3 heterocycles. The number of aryl methyl sites for hydroxylation is 3. The van der Waals surface area contributed by atoms with Gasteiger partial charge in [-0.25, -0.2) is 4.39 Å². The van der Waals surface area contributed by atoms with Crippen molar-refractivity contribution in [2.45, 2.75) is 58.4 Å². The zero-order valence-electron chi connectivity index (χ0n) is 23.6. The Morgan fingerprint density at radius 2 is 1.73 bits per heavy atom. The highest BCUT2D eigenvalue weighted by Crippen LogP contribution is 2.23. The van der Waals surface area contributed by atoms with Gasteiger partial charge in [-0.1, -0.05) is 36.4 Å². The summed E-state index contributed by atoms with van der Waals surface area (Å²) in [5.74, 6) is 0.155. The van der Waals surface area contributed by atoms with E-state index in [2.05, 4.69) is 29.2 Å². The maximum Gasteiger partial charge on any atom is 0.247 e. The quantitative estimate of drug-likeness (QED) is 0.244. The Morgan fingerprint density at radius 1 is 0.975 bits per heavy atom. The molecule has 4 aromatic rings. The van der Waals surface area contributed by atoms with Crippen LogP contribution in [0, 0.1) is 12.7 Å². The SMILES string of the molecule is COCCCn1cc(C)c2cccc(F)c21.O=C(CCCc1ccc(-c2ccc(=O)[nH]c2)cc1)N1CCCCC1. The van der Waals surface area contributed by atoms with Crippen LogP contribution in [0.3, 0.4) is 0 Å². The number of aromatic amines is 1. The third-order valence-electron chi connectivity index (χ3n) is 7.43. The summed E-state index contributed by atoms with van der Waals surface area (Å²) in [7, 11) is 1.68. The minimum atomic E-state index is -0.150. The monoisotopic (exact) mass is 545 g/mol. The molecule has 0 radical (unpaired) electrons. The lowest BCUT2D eigenvalue weighted by atomic mass is 10.0. The third kappa shape index (κ3) is 7.92. The van der Waals surface area contributed by atoms with Gasteiger partial charge >= 0.3 is 0 Å². The highest BCUT2D eigenvalue weighted by Gasteiger charge is 2.15. The van der Waals surface area contributed by atoms with E-state index in [1.54, 1.807) is 19.4 Å². The molecular formula is C33H40FN3O3. The molecular weight excluding hydrogens is 505 g/mol. The van der Waals surface area contributed by atoms with Gasteiger partial charge < -0.3 is 19.2 Å². The third-order valence-corrected chi connectivity index (χ3v) is 7.43. The van der Waals surface area contributed by atoms with Crippen LogP contribution in [0.25, 0.3) is 22.0 Å². The number of pyridine rings is 1. The van der Waals surface area contributed by atoms with Crippen LogP contribution < -0.4 is 5.56 Å². The molecule has 1 fully saturated rings. The number of nitrogens with one attached hydrogen (secondary N) is 1. The number of carbonyl (C=O) groups excluding carboxylic acids is 1. The molecule has 1 amide bonds. The molecule has 212 valence electrons. The first-order valence-corrected chi connectivity index (χ1v) is 14.2. The van der Waals surface area contributed by atoms with Gasteiger partial charge in [-0.05, 0) is 79.8 Å². The van der Waals surface area contributed by atoms with Crippen LogP contribution in [-0.4, -0.2) is 47.2 Å². The molecule has 1 N–H and O–H groups in total. The number of nitrogens with zero attached hydrogens (tertiary/aromatic N) is 2. The molecule has 0 unspecified atom stereocenters. The number of benzene rings is 2. The Morgan fingerprint density at radius 3 is 2.42 bits per heavy atom. The van der Waals surface area contributed by atoms with Crippen LogP contribution in [0.2, 0.25) is 0 Å². The number of fused-ring (bicyclic) bond motifs is 1. The number of methoxy groups -OCH3 is 1. The van der Waals surface area contributed by atoms with Crippen molar-refractivity contribution in [3.05, 3.63) is 94.3 Å². The largest absolute Gasteiger partial charge is 0.385 e. The van der Waals surface area contributed by atoms with Gasteiger partial charge in [0.1, 0.15) is 5.82 Å². The zero-order chi connectivity index (χ0) is 28.3. The first-order valence-electron chi connectivity index (χ1n) is 14.2. The zero-order valence-corrected chi connectivity index (χ0v) is 23.6. The van der Waals surface area contributed by atoms with E-state index < -0.39 is 0 Å². The second-order valence-corrected chi connectivity index (χ2v) is 10.4. The van der Waals surface area contributed by atoms with Crippen LogP contribution in [0.4, 0.5) is 4.39 Å². The fraction of sp³-hybridized carbons (Fsp3) is 0.394. The average Bonchev–Trinajstić information content (AvgIpc) is 3.31. The van der Waals surface area contributed by atoms with Gasteiger partial charge in [0.15, 0.2) is 0 Å². The maximum atomic E-state index is 13.7. The van der Waals surface area contributed by atoms with Crippen molar-refractivity contribution < 1.29 is 13.9 Å². The number of aromatic nitrogens is 2. The summed E-state index contributed by atoms with van der Waals surface area (Å²) in [5, 5.41) is 0.998. The number of rotatable bonds is 9. The second kappa shape index (κ2) is 14.6. The molecule has 0 aliphatic carbocycles. The Bertz CT molecular complexity index is 1420. The van der Waals surface area contributed by atoms with E-state index in [0.29, 0.717) is 24.5 Å². The van der Waals surface area contributed by atoms with E-state index >= 15 is 0 Å². The van der Waals surface area contributed by atoms with Gasteiger partial charge in [-0.2, -0.15) is 0 Å². The van der Waals surface area contributed by atoms with Crippen LogP contribution in [0.15, 0.2) is 71.8 Å². The van der Waals surface area contributed by atoms with Gasteiger partial charge in [0.25, 0.3) is 0 Å². The van der Waals surface area contributed by atoms with Crippen molar-refractivity contribution in [3.63, 3.8) is 0 Å². The van der Waals surface area contributed by atoms with E-state index in [4.69, 9.17) is 4.74 Å². The molecule has 1 aliphatic rings. The lowest BCUT2D eigenvalue weighted by Crippen LogP contribution is -2.35. The molecule has 0 spiro atoms. The molecule has 0 saturated carbocycles. The minimum absolute atomic E-state index is 0.0891. The predicted octanol–water partition coefficient (Wildman–Crippen LogP) is 6.50. The average molecular weight is 546 g/mol.